The SMILES string of the molecule is C=CC1=C(/C=C\C)c2ccc(Nc3ccc(-c4ccccc4)cc3)cc2C1(C)C. The zero-order valence-corrected chi connectivity index (χ0v) is 17.4. The van der Waals surface area contributed by atoms with E-state index in [-0.39, 0.29) is 5.41 Å². The van der Waals surface area contributed by atoms with Gasteiger partial charge in [-0.3, -0.25) is 0 Å². The van der Waals surface area contributed by atoms with Gasteiger partial charge < -0.3 is 5.32 Å². The minimum Gasteiger partial charge on any atom is -0.356 e. The van der Waals surface area contributed by atoms with Gasteiger partial charge in [0.25, 0.3) is 0 Å². The first-order valence-electron chi connectivity index (χ1n) is 10.1. The van der Waals surface area contributed by atoms with Crippen molar-refractivity contribution in [1.29, 1.82) is 0 Å². The Morgan fingerprint density at radius 1 is 0.828 bits per heavy atom. The minimum absolute atomic E-state index is 0.0548. The summed E-state index contributed by atoms with van der Waals surface area (Å²) in [6.07, 6.45) is 6.30. The van der Waals surface area contributed by atoms with Crippen LogP contribution in [-0.2, 0) is 5.41 Å². The molecule has 3 aromatic rings. The highest BCUT2D eigenvalue weighted by Gasteiger charge is 2.35. The minimum atomic E-state index is -0.0548. The third-order valence-electron chi connectivity index (χ3n) is 5.76. The van der Waals surface area contributed by atoms with Gasteiger partial charge in [0.2, 0.25) is 0 Å². The van der Waals surface area contributed by atoms with Crippen molar-refractivity contribution in [3.05, 3.63) is 114 Å². The molecule has 1 aliphatic rings. The van der Waals surface area contributed by atoms with E-state index in [1.165, 1.54) is 33.4 Å². The Hall–Kier alpha value is -3.32. The molecule has 1 aliphatic carbocycles. The van der Waals surface area contributed by atoms with Crippen molar-refractivity contribution in [3.63, 3.8) is 0 Å². The van der Waals surface area contributed by atoms with Gasteiger partial charge in [-0.05, 0) is 64.6 Å². The smallest absolute Gasteiger partial charge is 0.0387 e. The van der Waals surface area contributed by atoms with E-state index in [9.17, 15) is 0 Å². The van der Waals surface area contributed by atoms with Crippen LogP contribution >= 0.6 is 0 Å². The van der Waals surface area contributed by atoms with Gasteiger partial charge in [0, 0.05) is 16.8 Å². The molecule has 1 heteroatoms. The van der Waals surface area contributed by atoms with E-state index < -0.39 is 0 Å². The molecule has 0 heterocycles. The highest BCUT2D eigenvalue weighted by Crippen LogP contribution is 2.48. The molecule has 144 valence electrons. The van der Waals surface area contributed by atoms with Crippen LogP contribution in [-0.4, -0.2) is 0 Å². The van der Waals surface area contributed by atoms with Crippen LogP contribution in [0.4, 0.5) is 11.4 Å². The fraction of sp³-hybridized carbons (Fsp3) is 0.143. The summed E-state index contributed by atoms with van der Waals surface area (Å²) in [5.74, 6) is 0. The fourth-order valence-corrected chi connectivity index (χ4v) is 4.26. The Labute approximate surface area is 174 Å². The number of allylic oxidation sites excluding steroid dienone is 5. The lowest BCUT2D eigenvalue weighted by atomic mass is 9.81. The molecule has 3 aromatic carbocycles. The predicted octanol–water partition coefficient (Wildman–Crippen LogP) is 7.90. The molecule has 29 heavy (non-hydrogen) atoms. The van der Waals surface area contributed by atoms with Crippen LogP contribution in [0.3, 0.4) is 0 Å². The van der Waals surface area contributed by atoms with Gasteiger partial charge in [-0.2, -0.15) is 0 Å². The van der Waals surface area contributed by atoms with Crippen molar-refractivity contribution < 1.29 is 0 Å². The predicted molar refractivity (Wildman–Crippen MR) is 127 cm³/mol. The molecule has 0 saturated carbocycles. The van der Waals surface area contributed by atoms with Crippen LogP contribution in [0.25, 0.3) is 16.7 Å². The van der Waals surface area contributed by atoms with E-state index in [4.69, 9.17) is 0 Å². The summed E-state index contributed by atoms with van der Waals surface area (Å²) in [5.41, 5.74) is 9.80. The largest absolute Gasteiger partial charge is 0.356 e. The molecule has 0 aliphatic heterocycles. The number of hydrogen-bond donors (Lipinski definition) is 1. The van der Waals surface area contributed by atoms with Gasteiger partial charge in [-0.15, -0.1) is 0 Å². The number of fused-ring (bicyclic) bond motifs is 1. The van der Waals surface area contributed by atoms with Crippen molar-refractivity contribution in [1.82, 2.24) is 0 Å². The number of nitrogens with one attached hydrogen (secondary N) is 1. The van der Waals surface area contributed by atoms with Crippen molar-refractivity contribution in [2.45, 2.75) is 26.2 Å². The summed E-state index contributed by atoms with van der Waals surface area (Å²) in [5, 5.41) is 3.57. The second-order valence-corrected chi connectivity index (χ2v) is 7.99. The van der Waals surface area contributed by atoms with E-state index in [0.29, 0.717) is 0 Å². The second-order valence-electron chi connectivity index (χ2n) is 7.99. The average molecular weight is 378 g/mol. The van der Waals surface area contributed by atoms with Gasteiger partial charge in [0.1, 0.15) is 0 Å². The second kappa shape index (κ2) is 7.60. The molecule has 4 rings (SSSR count). The maximum Gasteiger partial charge on any atom is 0.0387 e. The average Bonchev–Trinajstić information content (AvgIpc) is 2.95. The zero-order chi connectivity index (χ0) is 20.4. The van der Waals surface area contributed by atoms with E-state index in [1.807, 2.05) is 12.1 Å². The van der Waals surface area contributed by atoms with Crippen molar-refractivity contribution in [3.8, 4) is 11.1 Å². The van der Waals surface area contributed by atoms with Crippen molar-refractivity contribution in [2.75, 3.05) is 5.32 Å². The highest BCUT2D eigenvalue weighted by atomic mass is 14.9. The van der Waals surface area contributed by atoms with Crippen LogP contribution in [0.15, 0.2) is 103 Å². The Balaban J connectivity index is 1.62. The standard InChI is InChI=1S/C28H27N/c1-5-10-24-25-18-17-23(19-27(25)28(3,4)26(24)6-2)29-22-15-13-21(14-16-22)20-11-8-7-9-12-20/h5-19,29H,2H2,1,3-4H3/b10-5-. The third-order valence-corrected chi connectivity index (χ3v) is 5.76. The maximum absolute atomic E-state index is 4.07. The molecular formula is C28H27N. The first-order chi connectivity index (χ1) is 14.0. The topological polar surface area (TPSA) is 12.0 Å². The van der Waals surface area contributed by atoms with Gasteiger partial charge in [-0.25, -0.2) is 0 Å². The Bertz CT molecular complexity index is 1100. The van der Waals surface area contributed by atoms with Crippen LogP contribution in [0.5, 0.6) is 0 Å². The lowest BCUT2D eigenvalue weighted by Gasteiger charge is -2.23. The molecule has 0 saturated heterocycles. The molecule has 0 unspecified atom stereocenters. The summed E-state index contributed by atoms with van der Waals surface area (Å²) in [6.45, 7) is 10.7. The molecule has 0 radical (unpaired) electrons. The monoisotopic (exact) mass is 377 g/mol. The lowest BCUT2D eigenvalue weighted by molar-refractivity contribution is 0.655. The van der Waals surface area contributed by atoms with Crippen molar-refractivity contribution >= 4 is 16.9 Å². The highest BCUT2D eigenvalue weighted by molar-refractivity contribution is 5.88. The quantitative estimate of drug-likeness (QED) is 0.476. The Morgan fingerprint density at radius 2 is 1.48 bits per heavy atom. The Kier molecular flexibility index (Phi) is 4.98. The van der Waals surface area contributed by atoms with Crippen LogP contribution < -0.4 is 5.32 Å². The third kappa shape index (κ3) is 3.45. The molecule has 0 bridgehead atoms. The molecule has 1 N–H and O–H groups in total. The Morgan fingerprint density at radius 3 is 2.14 bits per heavy atom. The van der Waals surface area contributed by atoms with E-state index >= 15 is 0 Å². The number of rotatable bonds is 5. The van der Waals surface area contributed by atoms with Gasteiger partial charge >= 0.3 is 0 Å². The summed E-state index contributed by atoms with van der Waals surface area (Å²) < 4.78 is 0. The van der Waals surface area contributed by atoms with Gasteiger partial charge in [0.05, 0.1) is 0 Å². The summed E-state index contributed by atoms with van der Waals surface area (Å²) in [4.78, 5) is 0. The van der Waals surface area contributed by atoms with E-state index in [0.717, 1.165) is 11.4 Å². The molecule has 0 aromatic heterocycles. The summed E-state index contributed by atoms with van der Waals surface area (Å²) in [6, 6.07) is 25.7. The van der Waals surface area contributed by atoms with Crippen molar-refractivity contribution in [2.24, 2.45) is 0 Å². The number of anilines is 2. The van der Waals surface area contributed by atoms with Crippen LogP contribution in [0.2, 0.25) is 0 Å². The zero-order valence-electron chi connectivity index (χ0n) is 17.4. The number of benzene rings is 3. The number of hydrogen-bond acceptors (Lipinski definition) is 1. The molecule has 0 fully saturated rings. The summed E-state index contributed by atoms with van der Waals surface area (Å²) >= 11 is 0. The molecular weight excluding hydrogens is 350 g/mol. The van der Waals surface area contributed by atoms with Gasteiger partial charge in [0.15, 0.2) is 0 Å². The van der Waals surface area contributed by atoms with Gasteiger partial charge in [-0.1, -0.05) is 87.2 Å². The normalized spacial score (nSPS) is 14.9. The molecule has 0 spiro atoms. The first-order valence-corrected chi connectivity index (χ1v) is 10.1. The van der Waals surface area contributed by atoms with E-state index in [1.54, 1.807) is 0 Å². The molecule has 1 nitrogen and oxygen atoms in total. The molecule has 0 amide bonds. The van der Waals surface area contributed by atoms with E-state index in [2.05, 4.69) is 112 Å². The lowest BCUT2D eigenvalue weighted by Crippen LogP contribution is -2.16. The first kappa shape index (κ1) is 19.0. The van der Waals surface area contributed by atoms with Crippen LogP contribution in [0.1, 0.15) is 31.9 Å². The fourth-order valence-electron chi connectivity index (χ4n) is 4.26. The van der Waals surface area contributed by atoms with Crippen LogP contribution in [0, 0.1) is 0 Å². The molecule has 0 atom stereocenters. The summed E-state index contributed by atoms with van der Waals surface area (Å²) in [7, 11) is 0. The maximum atomic E-state index is 4.07.